The number of quaternary nitrogens is 1. The van der Waals surface area contributed by atoms with Gasteiger partial charge in [0.15, 0.2) is 0 Å². The van der Waals surface area contributed by atoms with Gasteiger partial charge in [-0.25, -0.2) is 0 Å². The van der Waals surface area contributed by atoms with Gasteiger partial charge in [0.1, 0.15) is 6.54 Å². The van der Waals surface area contributed by atoms with E-state index in [0.29, 0.717) is 5.92 Å². The van der Waals surface area contributed by atoms with Gasteiger partial charge in [-0.3, -0.25) is 0 Å². The number of hydrogen-bond acceptors (Lipinski definition) is 0. The first-order chi connectivity index (χ1) is 11.0. The molecule has 0 fully saturated rings. The lowest BCUT2D eigenvalue weighted by molar-refractivity contribution is -0.923. The minimum atomic E-state index is 0.196. The lowest BCUT2D eigenvalue weighted by atomic mass is 9.88. The second-order valence-electron chi connectivity index (χ2n) is 7.18. The maximum atomic E-state index is 5.81. The van der Waals surface area contributed by atoms with Gasteiger partial charge >= 0.3 is 0 Å². The predicted molar refractivity (Wildman–Crippen MR) is 112 cm³/mol. The summed E-state index contributed by atoms with van der Waals surface area (Å²) >= 11 is 2.68. The van der Waals surface area contributed by atoms with Crippen LogP contribution in [0.5, 0.6) is 0 Å². The van der Waals surface area contributed by atoms with Crippen molar-refractivity contribution in [1.82, 2.24) is 0 Å². The van der Waals surface area contributed by atoms with Gasteiger partial charge in [-0.05, 0) is 37.5 Å². The Hall–Kier alpha value is -0.270. The molecule has 0 heterocycles. The van der Waals surface area contributed by atoms with Crippen molar-refractivity contribution in [2.45, 2.75) is 62.7 Å². The number of halogens is 1. The molecule has 2 heteroatoms. The van der Waals surface area contributed by atoms with Gasteiger partial charge in [-0.1, -0.05) is 80.5 Å². The van der Waals surface area contributed by atoms with Crippen LogP contribution in [0.2, 0.25) is 0 Å². The van der Waals surface area contributed by atoms with Crippen molar-refractivity contribution in [2.75, 3.05) is 26.2 Å². The molecule has 1 rings (SSSR count). The molecule has 0 aromatic carbocycles. The van der Waals surface area contributed by atoms with Crippen molar-refractivity contribution in [3.63, 3.8) is 0 Å². The van der Waals surface area contributed by atoms with Crippen molar-refractivity contribution in [3.8, 4) is 12.3 Å². The maximum Gasteiger partial charge on any atom is 0.140 e. The van der Waals surface area contributed by atoms with E-state index < -0.39 is 0 Å². The Kier molecular flexibility index (Phi) is 9.54. The van der Waals surface area contributed by atoms with Gasteiger partial charge in [0.25, 0.3) is 0 Å². The minimum absolute atomic E-state index is 0.196. The molecule has 0 spiro atoms. The molecule has 2 unspecified atom stereocenters. The molecule has 130 valence electrons. The third kappa shape index (κ3) is 6.63. The van der Waals surface area contributed by atoms with E-state index in [1.807, 2.05) is 0 Å². The standard InChI is InChI=1S/C21H35IN/c1-5-8-12-17-23(16-7-3,18-13-9-6-2)19-21(22)15-11-10-14-20(21)4/h3,10-11,14-15,20H,5-6,8-9,12-13,16-19H2,1-2,4H3/q+1. The maximum absolute atomic E-state index is 5.81. The fraction of sp³-hybridized carbons (Fsp3) is 0.714. The lowest BCUT2D eigenvalue weighted by Crippen LogP contribution is -2.57. The fourth-order valence-corrected chi connectivity index (χ4v) is 4.68. The number of nitrogens with zero attached hydrogens (tertiary/aromatic N) is 1. The average molecular weight is 428 g/mol. The molecule has 0 aromatic rings. The summed E-state index contributed by atoms with van der Waals surface area (Å²) in [5, 5.41) is 0. The normalized spacial score (nSPS) is 23.9. The lowest BCUT2D eigenvalue weighted by Gasteiger charge is -2.44. The van der Waals surface area contributed by atoms with E-state index >= 15 is 0 Å². The smallest absolute Gasteiger partial charge is 0.140 e. The highest BCUT2D eigenvalue weighted by atomic mass is 127. The third-order valence-corrected chi connectivity index (χ3v) is 6.80. The van der Waals surface area contributed by atoms with E-state index in [2.05, 4.69) is 73.6 Å². The monoisotopic (exact) mass is 428 g/mol. The molecular formula is C21H35IN+. The summed E-state index contributed by atoms with van der Waals surface area (Å²) in [5.41, 5.74) is 0. The zero-order valence-corrected chi connectivity index (χ0v) is 17.5. The summed E-state index contributed by atoms with van der Waals surface area (Å²) in [7, 11) is 0. The Labute approximate surface area is 158 Å². The molecule has 0 N–H and O–H groups in total. The molecule has 23 heavy (non-hydrogen) atoms. The van der Waals surface area contributed by atoms with Gasteiger partial charge in [-0.2, -0.15) is 0 Å². The number of allylic oxidation sites excluding steroid dienone is 3. The molecular weight excluding hydrogens is 393 g/mol. The van der Waals surface area contributed by atoms with E-state index in [4.69, 9.17) is 6.42 Å². The van der Waals surface area contributed by atoms with Crippen LogP contribution in [0.25, 0.3) is 0 Å². The molecule has 0 saturated heterocycles. The SMILES string of the molecule is C#CC[N+](CCCCC)(CCCCC)CC1(I)C=CC=CC1C. The van der Waals surface area contributed by atoms with Gasteiger partial charge in [0.05, 0.1) is 23.1 Å². The zero-order valence-electron chi connectivity index (χ0n) is 15.4. The first-order valence-corrected chi connectivity index (χ1v) is 10.4. The third-order valence-electron chi connectivity index (χ3n) is 5.12. The molecule has 1 aliphatic carbocycles. The highest BCUT2D eigenvalue weighted by Gasteiger charge is 2.40. The highest BCUT2D eigenvalue weighted by molar-refractivity contribution is 14.1. The number of terminal acetylenes is 1. The zero-order chi connectivity index (χ0) is 17.2. The van der Waals surface area contributed by atoms with Crippen LogP contribution in [0, 0.1) is 18.3 Å². The fourth-order valence-electron chi connectivity index (χ4n) is 3.54. The van der Waals surface area contributed by atoms with Crippen LogP contribution >= 0.6 is 22.6 Å². The molecule has 1 nitrogen and oxygen atoms in total. The number of hydrogen-bond donors (Lipinski definition) is 0. The van der Waals surface area contributed by atoms with Crippen molar-refractivity contribution >= 4 is 22.6 Å². The quantitative estimate of drug-likeness (QED) is 0.129. The molecule has 1 aliphatic rings. The summed E-state index contributed by atoms with van der Waals surface area (Å²) in [6.07, 6.45) is 22.7. The van der Waals surface area contributed by atoms with E-state index in [-0.39, 0.29) is 3.42 Å². The molecule has 0 amide bonds. The molecule has 0 bridgehead atoms. The molecule has 0 radical (unpaired) electrons. The van der Waals surface area contributed by atoms with Crippen molar-refractivity contribution < 1.29 is 4.48 Å². The van der Waals surface area contributed by atoms with Gasteiger partial charge in [0, 0.05) is 0 Å². The summed E-state index contributed by atoms with van der Waals surface area (Å²) in [4.78, 5) is 0. The largest absolute Gasteiger partial charge is 0.312 e. The molecule has 2 atom stereocenters. The number of rotatable bonds is 11. The van der Waals surface area contributed by atoms with E-state index in [1.165, 1.54) is 51.6 Å². The first-order valence-electron chi connectivity index (χ1n) is 9.35. The van der Waals surface area contributed by atoms with Crippen molar-refractivity contribution in [2.24, 2.45) is 5.92 Å². The van der Waals surface area contributed by atoms with Crippen molar-refractivity contribution in [3.05, 3.63) is 24.3 Å². The molecule has 0 saturated carbocycles. The van der Waals surface area contributed by atoms with Crippen LogP contribution in [-0.2, 0) is 0 Å². The highest BCUT2D eigenvalue weighted by Crippen LogP contribution is 2.37. The number of alkyl halides is 1. The van der Waals surface area contributed by atoms with Crippen LogP contribution < -0.4 is 0 Å². The van der Waals surface area contributed by atoms with E-state index in [0.717, 1.165) is 17.6 Å². The van der Waals surface area contributed by atoms with E-state index in [1.54, 1.807) is 0 Å². The molecule has 0 aliphatic heterocycles. The topological polar surface area (TPSA) is 0 Å². The van der Waals surface area contributed by atoms with E-state index in [9.17, 15) is 0 Å². The second kappa shape index (κ2) is 10.6. The Balaban J connectivity index is 2.91. The summed E-state index contributed by atoms with van der Waals surface area (Å²) < 4.78 is 1.30. The van der Waals surface area contributed by atoms with Crippen LogP contribution in [0.4, 0.5) is 0 Å². The Morgan fingerprint density at radius 3 is 2.17 bits per heavy atom. The van der Waals surface area contributed by atoms with Crippen LogP contribution in [0.3, 0.4) is 0 Å². The summed E-state index contributed by atoms with van der Waals surface area (Å²) in [5.74, 6) is 3.58. The summed E-state index contributed by atoms with van der Waals surface area (Å²) in [6.45, 7) is 11.4. The Morgan fingerprint density at radius 2 is 1.70 bits per heavy atom. The minimum Gasteiger partial charge on any atom is -0.312 e. The van der Waals surface area contributed by atoms with Gasteiger partial charge in [0.2, 0.25) is 0 Å². The van der Waals surface area contributed by atoms with Gasteiger partial charge < -0.3 is 4.48 Å². The second-order valence-corrected chi connectivity index (χ2v) is 9.19. The summed E-state index contributed by atoms with van der Waals surface area (Å²) in [6, 6.07) is 0. The Bertz CT molecular complexity index is 422. The Morgan fingerprint density at radius 1 is 1.09 bits per heavy atom. The predicted octanol–water partition coefficient (Wildman–Crippen LogP) is 5.75. The van der Waals surface area contributed by atoms with Crippen LogP contribution in [-0.4, -0.2) is 34.1 Å². The number of unbranched alkanes of at least 4 members (excludes halogenated alkanes) is 4. The average Bonchev–Trinajstić information content (AvgIpc) is 2.51. The molecule has 0 aromatic heterocycles. The van der Waals surface area contributed by atoms with Crippen LogP contribution in [0.1, 0.15) is 59.3 Å². The van der Waals surface area contributed by atoms with Crippen molar-refractivity contribution in [1.29, 1.82) is 0 Å². The van der Waals surface area contributed by atoms with Gasteiger partial charge in [-0.15, -0.1) is 6.42 Å². The van der Waals surface area contributed by atoms with Crippen LogP contribution in [0.15, 0.2) is 24.3 Å². The first kappa shape index (κ1) is 20.8.